The minimum atomic E-state index is -0.0355. The Morgan fingerprint density at radius 2 is 2.12 bits per heavy atom. The monoisotopic (exact) mass is 365 g/mol. The van der Waals surface area contributed by atoms with E-state index in [9.17, 15) is 0 Å². The third-order valence-electron chi connectivity index (χ3n) is 4.35. The maximum absolute atomic E-state index is 5.81. The standard InChI is InChI=1S/C19H35N5O2/c1-6-20-18(21-9-10-24(11-12-25-5)15-7-8-15)23-14-17-22-13-16(26-17)19(2,3)4/h13,15H,6-12,14H2,1-5H3,(H2,20,21,23). The number of aromatic nitrogens is 1. The molecule has 0 atom stereocenters. The molecule has 0 aromatic carbocycles. The summed E-state index contributed by atoms with van der Waals surface area (Å²) in [6.45, 7) is 13.3. The molecule has 7 heteroatoms. The van der Waals surface area contributed by atoms with E-state index < -0.39 is 0 Å². The van der Waals surface area contributed by atoms with Gasteiger partial charge in [-0.25, -0.2) is 9.98 Å². The van der Waals surface area contributed by atoms with E-state index in [2.05, 4.69) is 53.2 Å². The summed E-state index contributed by atoms with van der Waals surface area (Å²) >= 11 is 0. The van der Waals surface area contributed by atoms with Gasteiger partial charge < -0.3 is 19.8 Å². The van der Waals surface area contributed by atoms with Gasteiger partial charge in [-0.2, -0.15) is 0 Å². The van der Waals surface area contributed by atoms with Gasteiger partial charge in [-0.15, -0.1) is 0 Å². The molecule has 7 nitrogen and oxygen atoms in total. The smallest absolute Gasteiger partial charge is 0.216 e. The molecule has 2 rings (SSSR count). The van der Waals surface area contributed by atoms with Gasteiger partial charge in [0.25, 0.3) is 0 Å². The Morgan fingerprint density at radius 1 is 1.35 bits per heavy atom. The third-order valence-corrected chi connectivity index (χ3v) is 4.35. The van der Waals surface area contributed by atoms with Crippen molar-refractivity contribution in [2.24, 2.45) is 4.99 Å². The Balaban J connectivity index is 1.83. The second-order valence-electron chi connectivity index (χ2n) is 7.75. The van der Waals surface area contributed by atoms with E-state index in [1.54, 1.807) is 13.3 Å². The van der Waals surface area contributed by atoms with Gasteiger partial charge in [-0.05, 0) is 19.8 Å². The van der Waals surface area contributed by atoms with Gasteiger partial charge in [0.2, 0.25) is 5.89 Å². The number of nitrogens with one attached hydrogen (secondary N) is 2. The molecule has 1 heterocycles. The number of aliphatic imine (C=N–C) groups is 1. The van der Waals surface area contributed by atoms with Crippen LogP contribution in [0.15, 0.2) is 15.6 Å². The van der Waals surface area contributed by atoms with Crippen LogP contribution in [-0.4, -0.2) is 61.8 Å². The van der Waals surface area contributed by atoms with Gasteiger partial charge >= 0.3 is 0 Å². The van der Waals surface area contributed by atoms with Crippen molar-refractivity contribution in [3.63, 3.8) is 0 Å². The Kier molecular flexibility index (Phi) is 7.90. The van der Waals surface area contributed by atoms with Gasteiger partial charge in [-0.3, -0.25) is 4.90 Å². The highest BCUT2D eigenvalue weighted by molar-refractivity contribution is 5.79. The maximum atomic E-state index is 5.81. The molecule has 0 amide bonds. The summed E-state index contributed by atoms with van der Waals surface area (Å²) in [5.74, 6) is 2.33. The van der Waals surface area contributed by atoms with Crippen molar-refractivity contribution in [1.29, 1.82) is 0 Å². The van der Waals surface area contributed by atoms with Crippen LogP contribution in [-0.2, 0) is 16.7 Å². The van der Waals surface area contributed by atoms with Crippen LogP contribution in [0.3, 0.4) is 0 Å². The largest absolute Gasteiger partial charge is 0.443 e. The Morgan fingerprint density at radius 3 is 2.69 bits per heavy atom. The lowest BCUT2D eigenvalue weighted by Crippen LogP contribution is -2.42. The summed E-state index contributed by atoms with van der Waals surface area (Å²) in [4.78, 5) is 11.4. The molecular formula is C19H35N5O2. The number of ether oxygens (including phenoxy) is 1. The van der Waals surface area contributed by atoms with Gasteiger partial charge in [0.15, 0.2) is 5.96 Å². The number of nitrogens with zero attached hydrogens (tertiary/aromatic N) is 3. The predicted molar refractivity (Wildman–Crippen MR) is 104 cm³/mol. The van der Waals surface area contributed by atoms with Crippen molar-refractivity contribution in [2.45, 2.75) is 58.5 Å². The molecule has 0 aliphatic heterocycles. The molecule has 0 unspecified atom stereocenters. The van der Waals surface area contributed by atoms with Crippen molar-refractivity contribution in [2.75, 3.05) is 39.9 Å². The first-order valence-electron chi connectivity index (χ1n) is 9.64. The van der Waals surface area contributed by atoms with E-state index in [0.717, 1.165) is 50.5 Å². The predicted octanol–water partition coefficient (Wildman–Crippen LogP) is 2.14. The number of hydrogen-bond donors (Lipinski definition) is 2. The molecule has 0 spiro atoms. The Labute approximate surface area is 157 Å². The number of guanidine groups is 1. The van der Waals surface area contributed by atoms with Crippen LogP contribution in [0, 0.1) is 0 Å². The first kappa shape index (κ1) is 20.7. The molecule has 148 valence electrons. The van der Waals surface area contributed by atoms with Crippen molar-refractivity contribution in [3.05, 3.63) is 17.8 Å². The van der Waals surface area contributed by atoms with Crippen molar-refractivity contribution < 1.29 is 9.15 Å². The highest BCUT2D eigenvalue weighted by atomic mass is 16.5. The molecule has 1 aromatic rings. The summed E-state index contributed by atoms with van der Waals surface area (Å²) < 4.78 is 11.0. The number of hydrogen-bond acceptors (Lipinski definition) is 5. The van der Waals surface area contributed by atoms with E-state index in [1.807, 2.05) is 0 Å². The normalized spacial score (nSPS) is 15.5. The molecule has 0 saturated heterocycles. The van der Waals surface area contributed by atoms with Crippen LogP contribution in [0.5, 0.6) is 0 Å². The van der Waals surface area contributed by atoms with Crippen molar-refractivity contribution in [3.8, 4) is 0 Å². The second-order valence-corrected chi connectivity index (χ2v) is 7.75. The average Bonchev–Trinajstić information content (AvgIpc) is 3.31. The molecule has 0 bridgehead atoms. The van der Waals surface area contributed by atoms with Gasteiger partial charge in [0, 0.05) is 44.7 Å². The summed E-state index contributed by atoms with van der Waals surface area (Å²) in [7, 11) is 1.76. The fourth-order valence-corrected chi connectivity index (χ4v) is 2.66. The minimum absolute atomic E-state index is 0.0355. The van der Waals surface area contributed by atoms with Crippen molar-refractivity contribution >= 4 is 5.96 Å². The van der Waals surface area contributed by atoms with Crippen LogP contribution >= 0.6 is 0 Å². The number of rotatable bonds is 10. The zero-order valence-corrected chi connectivity index (χ0v) is 17.0. The van der Waals surface area contributed by atoms with E-state index >= 15 is 0 Å². The third kappa shape index (κ3) is 6.96. The molecule has 1 aliphatic rings. The topological polar surface area (TPSA) is 74.9 Å². The lowest BCUT2D eigenvalue weighted by atomic mass is 9.94. The maximum Gasteiger partial charge on any atom is 0.216 e. The van der Waals surface area contributed by atoms with Crippen LogP contribution in [0.2, 0.25) is 0 Å². The average molecular weight is 366 g/mol. The number of oxazole rings is 1. The Bertz CT molecular complexity index is 561. The first-order valence-corrected chi connectivity index (χ1v) is 9.64. The summed E-state index contributed by atoms with van der Waals surface area (Å²) in [5.41, 5.74) is -0.0355. The van der Waals surface area contributed by atoms with Crippen LogP contribution in [0.25, 0.3) is 0 Å². The summed E-state index contributed by atoms with van der Waals surface area (Å²) in [5, 5.41) is 6.68. The van der Waals surface area contributed by atoms with Crippen molar-refractivity contribution in [1.82, 2.24) is 20.5 Å². The molecule has 1 fully saturated rings. The minimum Gasteiger partial charge on any atom is -0.443 e. The van der Waals surface area contributed by atoms with E-state index in [4.69, 9.17) is 9.15 Å². The van der Waals surface area contributed by atoms with Gasteiger partial charge in [0.05, 0.1) is 12.8 Å². The highest BCUT2D eigenvalue weighted by Gasteiger charge is 2.28. The highest BCUT2D eigenvalue weighted by Crippen LogP contribution is 2.26. The second kappa shape index (κ2) is 9.92. The molecule has 1 saturated carbocycles. The lowest BCUT2D eigenvalue weighted by molar-refractivity contribution is 0.144. The zero-order valence-electron chi connectivity index (χ0n) is 17.0. The van der Waals surface area contributed by atoms with Crippen LogP contribution < -0.4 is 10.6 Å². The molecule has 26 heavy (non-hydrogen) atoms. The van der Waals surface area contributed by atoms with Gasteiger partial charge in [-0.1, -0.05) is 20.8 Å². The Hall–Kier alpha value is -1.60. The molecule has 1 aliphatic carbocycles. The molecule has 2 N–H and O–H groups in total. The fourth-order valence-electron chi connectivity index (χ4n) is 2.66. The zero-order chi connectivity index (χ0) is 19.0. The number of methoxy groups -OCH3 is 1. The lowest BCUT2D eigenvalue weighted by Gasteiger charge is -2.22. The van der Waals surface area contributed by atoms with E-state index in [1.165, 1.54) is 12.8 Å². The van der Waals surface area contributed by atoms with Gasteiger partial charge in [0.1, 0.15) is 12.3 Å². The molecule has 0 radical (unpaired) electrons. The summed E-state index contributed by atoms with van der Waals surface area (Å²) in [6, 6.07) is 0.731. The van der Waals surface area contributed by atoms with E-state index in [0.29, 0.717) is 12.4 Å². The quantitative estimate of drug-likeness (QED) is 0.489. The summed E-state index contributed by atoms with van der Waals surface area (Å²) in [6.07, 6.45) is 4.41. The van der Waals surface area contributed by atoms with E-state index in [-0.39, 0.29) is 5.41 Å². The van der Waals surface area contributed by atoms with Crippen LogP contribution in [0.4, 0.5) is 0 Å². The molecular weight excluding hydrogens is 330 g/mol. The van der Waals surface area contributed by atoms with Crippen LogP contribution in [0.1, 0.15) is 52.2 Å². The first-order chi connectivity index (χ1) is 12.4. The molecule has 1 aromatic heterocycles. The SMILES string of the molecule is CCNC(=NCc1ncc(C(C)(C)C)o1)NCCN(CCOC)C1CC1. The fraction of sp³-hybridized carbons (Fsp3) is 0.789.